The van der Waals surface area contributed by atoms with Gasteiger partial charge >= 0.3 is 5.97 Å². The lowest BCUT2D eigenvalue weighted by Crippen LogP contribution is -2.33. The Morgan fingerprint density at radius 1 is 1.04 bits per heavy atom. The fourth-order valence-corrected chi connectivity index (χ4v) is 2.44. The molecule has 0 bridgehead atoms. The summed E-state index contributed by atoms with van der Waals surface area (Å²) in [5.74, 6) is 1.02. The van der Waals surface area contributed by atoms with E-state index in [1.54, 1.807) is 0 Å². The van der Waals surface area contributed by atoms with E-state index in [1.165, 1.54) is 0 Å². The number of hydrogen-bond donors (Lipinski definition) is 0. The maximum absolute atomic E-state index is 12.5. The fourth-order valence-electron chi connectivity index (χ4n) is 2.44. The minimum Gasteiger partial charge on any atom is -0.465 e. The van der Waals surface area contributed by atoms with Gasteiger partial charge in [-0.15, -0.1) is 0 Å². The van der Waals surface area contributed by atoms with E-state index < -0.39 is 5.41 Å². The fraction of sp³-hybridized carbons (Fsp3) is 0.850. The van der Waals surface area contributed by atoms with Gasteiger partial charge < -0.3 is 9.47 Å². The third-order valence-corrected chi connectivity index (χ3v) is 4.91. The van der Waals surface area contributed by atoms with Crippen LogP contribution in [0.15, 0.2) is 12.2 Å². The van der Waals surface area contributed by atoms with Gasteiger partial charge in [0, 0.05) is 6.61 Å². The molecule has 1 fully saturated rings. The molecule has 0 radical (unpaired) electrons. The molecule has 1 aliphatic carbocycles. The molecule has 3 nitrogen and oxygen atoms in total. The van der Waals surface area contributed by atoms with Gasteiger partial charge in [0.25, 0.3) is 0 Å². The van der Waals surface area contributed by atoms with Crippen molar-refractivity contribution in [3.8, 4) is 0 Å². The second-order valence-electron chi connectivity index (χ2n) is 7.28. The van der Waals surface area contributed by atoms with Crippen molar-refractivity contribution < 1.29 is 14.3 Å². The molecule has 0 heterocycles. The molecule has 0 aliphatic heterocycles. The van der Waals surface area contributed by atoms with Crippen molar-refractivity contribution in [2.75, 3.05) is 13.2 Å². The summed E-state index contributed by atoms with van der Waals surface area (Å²) < 4.78 is 11.6. The van der Waals surface area contributed by atoms with E-state index in [2.05, 4.69) is 46.8 Å². The van der Waals surface area contributed by atoms with E-state index in [-0.39, 0.29) is 12.1 Å². The Kier molecular flexibility index (Phi) is 8.90. The highest BCUT2D eigenvalue weighted by Gasteiger charge is 2.57. The highest BCUT2D eigenvalue weighted by molar-refractivity contribution is 5.81. The largest absolute Gasteiger partial charge is 0.465 e. The van der Waals surface area contributed by atoms with E-state index in [9.17, 15) is 4.79 Å². The molecule has 0 amide bonds. The number of carbonyl (C=O) groups excluding carboxylic acids is 1. The van der Waals surface area contributed by atoms with Crippen LogP contribution in [-0.2, 0) is 14.3 Å². The lowest BCUT2D eigenvalue weighted by Gasteiger charge is -2.24. The zero-order valence-corrected chi connectivity index (χ0v) is 15.8. The maximum atomic E-state index is 12.5. The molecular formula is C20H36O3. The number of rotatable bonds is 12. The summed E-state index contributed by atoms with van der Waals surface area (Å²) >= 11 is 0. The molecule has 0 saturated heterocycles. The van der Waals surface area contributed by atoms with Crippen LogP contribution in [0.4, 0.5) is 0 Å². The van der Waals surface area contributed by atoms with Crippen molar-refractivity contribution >= 4 is 5.97 Å². The number of ether oxygens (including phenoxy) is 2. The standard InChI is InChI=1S/C20H36O3/c1-6-8-14-22-18(11-10-17(5)16(3)4)20(12-13-20)19(21)23-15-9-7-2/h10-11,16-18H,6-9,12-15H2,1-5H3/b11-10+/t17-,18-/m1/s1. The van der Waals surface area contributed by atoms with Gasteiger partial charge in [-0.25, -0.2) is 0 Å². The quantitative estimate of drug-likeness (QED) is 0.283. The van der Waals surface area contributed by atoms with Crippen LogP contribution in [0.5, 0.6) is 0 Å². The molecule has 0 aromatic rings. The third-order valence-electron chi connectivity index (χ3n) is 4.91. The van der Waals surface area contributed by atoms with Crippen molar-refractivity contribution in [2.45, 2.75) is 79.2 Å². The number of unbranched alkanes of at least 4 members (excludes halogenated alkanes) is 2. The molecular weight excluding hydrogens is 288 g/mol. The summed E-state index contributed by atoms with van der Waals surface area (Å²) in [6, 6.07) is 0. The van der Waals surface area contributed by atoms with Crippen molar-refractivity contribution in [3.05, 3.63) is 12.2 Å². The molecule has 1 aliphatic rings. The van der Waals surface area contributed by atoms with Gasteiger partial charge in [-0.05, 0) is 37.5 Å². The Labute approximate surface area is 142 Å². The monoisotopic (exact) mass is 324 g/mol. The molecule has 1 saturated carbocycles. The van der Waals surface area contributed by atoms with Crippen LogP contribution in [0.3, 0.4) is 0 Å². The van der Waals surface area contributed by atoms with Gasteiger partial charge in [-0.1, -0.05) is 59.6 Å². The highest BCUT2D eigenvalue weighted by atomic mass is 16.5. The van der Waals surface area contributed by atoms with Crippen molar-refractivity contribution in [1.82, 2.24) is 0 Å². The van der Waals surface area contributed by atoms with Gasteiger partial charge in [0.05, 0.1) is 18.1 Å². The van der Waals surface area contributed by atoms with Crippen molar-refractivity contribution in [3.63, 3.8) is 0 Å². The molecule has 0 aromatic heterocycles. The van der Waals surface area contributed by atoms with Gasteiger partial charge in [-0.2, -0.15) is 0 Å². The molecule has 0 unspecified atom stereocenters. The predicted octanol–water partition coefficient (Wildman–Crippen LogP) is 5.14. The summed E-state index contributed by atoms with van der Waals surface area (Å²) in [5, 5.41) is 0. The van der Waals surface area contributed by atoms with Crippen molar-refractivity contribution in [1.29, 1.82) is 0 Å². The number of allylic oxidation sites excluding steroid dienone is 1. The van der Waals surface area contributed by atoms with Crippen LogP contribution in [0.1, 0.15) is 73.1 Å². The molecule has 134 valence electrons. The minimum absolute atomic E-state index is 0.0608. The van der Waals surface area contributed by atoms with Crippen LogP contribution in [-0.4, -0.2) is 25.3 Å². The van der Waals surface area contributed by atoms with E-state index >= 15 is 0 Å². The molecule has 0 N–H and O–H groups in total. The first-order chi connectivity index (χ1) is 11.0. The SMILES string of the molecule is CCCCOC(=O)C1([C@@H](/C=C/[C@@H](C)C(C)C)OCCCC)CC1. The molecule has 23 heavy (non-hydrogen) atoms. The van der Waals surface area contributed by atoms with Crippen molar-refractivity contribution in [2.24, 2.45) is 17.3 Å². The van der Waals surface area contributed by atoms with Crippen LogP contribution >= 0.6 is 0 Å². The van der Waals surface area contributed by atoms with Crippen LogP contribution in [0.2, 0.25) is 0 Å². The van der Waals surface area contributed by atoms with Crippen LogP contribution in [0.25, 0.3) is 0 Å². The average Bonchev–Trinajstić information content (AvgIpc) is 3.32. The average molecular weight is 325 g/mol. The smallest absolute Gasteiger partial charge is 0.315 e. The van der Waals surface area contributed by atoms with Gasteiger partial charge in [0.2, 0.25) is 0 Å². The Morgan fingerprint density at radius 2 is 1.65 bits per heavy atom. The van der Waals surface area contributed by atoms with Gasteiger partial charge in [0.15, 0.2) is 0 Å². The Bertz CT molecular complexity index is 369. The third kappa shape index (κ3) is 6.29. The first-order valence-electron chi connectivity index (χ1n) is 9.45. The van der Waals surface area contributed by atoms with Gasteiger partial charge in [0.1, 0.15) is 0 Å². The first kappa shape index (κ1) is 20.2. The van der Waals surface area contributed by atoms with E-state index in [0.29, 0.717) is 25.0 Å². The summed E-state index contributed by atoms with van der Waals surface area (Å²) in [5.41, 5.74) is -0.422. The number of esters is 1. The predicted molar refractivity (Wildman–Crippen MR) is 95.3 cm³/mol. The minimum atomic E-state index is -0.422. The van der Waals surface area contributed by atoms with E-state index in [1.807, 2.05) is 0 Å². The molecule has 1 rings (SSSR count). The normalized spacial score (nSPS) is 19.0. The Balaban J connectivity index is 2.71. The van der Waals surface area contributed by atoms with E-state index in [4.69, 9.17) is 9.47 Å². The highest BCUT2D eigenvalue weighted by Crippen LogP contribution is 2.51. The Morgan fingerprint density at radius 3 is 2.17 bits per heavy atom. The molecule has 2 atom stereocenters. The molecule has 3 heteroatoms. The molecule has 0 spiro atoms. The lowest BCUT2D eigenvalue weighted by molar-refractivity contribution is -0.155. The topological polar surface area (TPSA) is 35.5 Å². The second kappa shape index (κ2) is 10.1. The first-order valence-corrected chi connectivity index (χ1v) is 9.45. The zero-order chi connectivity index (χ0) is 17.3. The van der Waals surface area contributed by atoms with E-state index in [0.717, 1.165) is 38.5 Å². The number of carbonyl (C=O) groups is 1. The zero-order valence-electron chi connectivity index (χ0n) is 15.8. The summed E-state index contributed by atoms with van der Waals surface area (Å²) in [6.07, 6.45) is 10.1. The maximum Gasteiger partial charge on any atom is 0.315 e. The summed E-state index contributed by atoms with van der Waals surface area (Å²) in [4.78, 5) is 12.5. The lowest BCUT2D eigenvalue weighted by atomic mass is 9.93. The summed E-state index contributed by atoms with van der Waals surface area (Å²) in [7, 11) is 0. The Hall–Kier alpha value is -0.830. The van der Waals surface area contributed by atoms with Crippen LogP contribution < -0.4 is 0 Å². The molecule has 0 aromatic carbocycles. The van der Waals surface area contributed by atoms with Gasteiger partial charge in [-0.3, -0.25) is 4.79 Å². The summed E-state index contributed by atoms with van der Waals surface area (Å²) in [6.45, 7) is 12.1. The second-order valence-corrected chi connectivity index (χ2v) is 7.28. The number of hydrogen-bond acceptors (Lipinski definition) is 3. The van der Waals surface area contributed by atoms with Crippen LogP contribution in [0, 0.1) is 17.3 Å².